The zero-order valence-electron chi connectivity index (χ0n) is 9.67. The second-order valence-corrected chi connectivity index (χ2v) is 3.86. The lowest BCUT2D eigenvalue weighted by molar-refractivity contribution is 1.21. The van der Waals surface area contributed by atoms with E-state index in [1.807, 2.05) is 48.5 Å². The normalized spacial score (nSPS) is 10.2. The first kappa shape index (κ1) is 10.7. The molecular weight excluding hydrogens is 220 g/mol. The Morgan fingerprint density at radius 1 is 0.611 bits per heavy atom. The van der Waals surface area contributed by atoms with Gasteiger partial charge in [-0.15, -0.1) is 0 Å². The molecule has 2 aromatic carbocycles. The third kappa shape index (κ3) is 2.13. The summed E-state index contributed by atoms with van der Waals surface area (Å²) in [5.41, 5.74) is 3.84. The SMILES string of the molecule is [c]1ccc(-c2cnc(-c3cc[c]cc3)cn2)cc1. The smallest absolute Gasteiger partial charge is 0.0885 e. The van der Waals surface area contributed by atoms with Crippen molar-refractivity contribution in [2.24, 2.45) is 0 Å². The second kappa shape index (κ2) is 4.80. The van der Waals surface area contributed by atoms with Crippen LogP contribution in [0, 0.1) is 12.1 Å². The summed E-state index contributed by atoms with van der Waals surface area (Å²) in [6.45, 7) is 0. The molecule has 0 fully saturated rings. The third-order valence-electron chi connectivity index (χ3n) is 2.68. The van der Waals surface area contributed by atoms with E-state index in [0.29, 0.717) is 0 Å². The van der Waals surface area contributed by atoms with Crippen molar-refractivity contribution in [3.8, 4) is 22.5 Å². The van der Waals surface area contributed by atoms with Crippen LogP contribution in [0.3, 0.4) is 0 Å². The first-order chi connectivity index (χ1) is 8.93. The minimum Gasteiger partial charge on any atom is -0.252 e. The van der Waals surface area contributed by atoms with Crippen LogP contribution in [-0.2, 0) is 0 Å². The van der Waals surface area contributed by atoms with Gasteiger partial charge >= 0.3 is 0 Å². The molecule has 2 radical (unpaired) electrons. The Morgan fingerprint density at radius 3 is 1.33 bits per heavy atom. The van der Waals surface area contributed by atoms with Crippen molar-refractivity contribution in [3.05, 3.63) is 73.1 Å². The van der Waals surface area contributed by atoms with Gasteiger partial charge in [0.15, 0.2) is 0 Å². The first-order valence-electron chi connectivity index (χ1n) is 5.68. The molecule has 1 heterocycles. The number of nitrogens with zero attached hydrogens (tertiary/aromatic N) is 2. The standard InChI is InChI=1S/C16H10N2/c1-3-7-13(8-4-1)15-11-18-16(12-17-15)14-9-5-2-6-10-14/h3-12H. The molecular formula is C16H10N2. The Bertz CT molecular complexity index is 558. The van der Waals surface area contributed by atoms with Crippen LogP contribution in [0.1, 0.15) is 0 Å². The average molecular weight is 230 g/mol. The van der Waals surface area contributed by atoms with Gasteiger partial charge in [-0.05, 0) is 12.1 Å². The Labute approximate surface area is 106 Å². The van der Waals surface area contributed by atoms with Gasteiger partial charge in [0.05, 0.1) is 23.8 Å². The Morgan fingerprint density at radius 2 is 1.00 bits per heavy atom. The summed E-state index contributed by atoms with van der Waals surface area (Å²) in [5.74, 6) is 0. The second-order valence-electron chi connectivity index (χ2n) is 3.86. The lowest BCUT2D eigenvalue weighted by atomic mass is 10.1. The Balaban J connectivity index is 1.95. The summed E-state index contributed by atoms with van der Waals surface area (Å²) in [4.78, 5) is 8.88. The highest BCUT2D eigenvalue weighted by Gasteiger charge is 2.01. The van der Waals surface area contributed by atoms with Gasteiger partial charge in [0.1, 0.15) is 0 Å². The summed E-state index contributed by atoms with van der Waals surface area (Å²) in [7, 11) is 0. The summed E-state index contributed by atoms with van der Waals surface area (Å²) in [5, 5.41) is 0. The zero-order chi connectivity index (χ0) is 12.2. The summed E-state index contributed by atoms with van der Waals surface area (Å²) in [6.07, 6.45) is 3.59. The van der Waals surface area contributed by atoms with Crippen molar-refractivity contribution in [2.45, 2.75) is 0 Å². The predicted molar refractivity (Wildman–Crippen MR) is 70.6 cm³/mol. The monoisotopic (exact) mass is 230 g/mol. The van der Waals surface area contributed by atoms with E-state index in [4.69, 9.17) is 0 Å². The quantitative estimate of drug-likeness (QED) is 0.674. The van der Waals surface area contributed by atoms with Gasteiger partial charge < -0.3 is 0 Å². The van der Waals surface area contributed by atoms with Gasteiger partial charge in [0, 0.05) is 11.1 Å². The fourth-order valence-electron chi connectivity index (χ4n) is 1.74. The van der Waals surface area contributed by atoms with E-state index in [2.05, 4.69) is 22.1 Å². The fourth-order valence-corrected chi connectivity index (χ4v) is 1.74. The molecule has 3 rings (SSSR count). The molecule has 2 heteroatoms. The molecule has 0 aliphatic rings. The molecule has 0 aliphatic heterocycles. The number of benzene rings is 2. The predicted octanol–water partition coefficient (Wildman–Crippen LogP) is 3.41. The molecule has 0 amide bonds. The van der Waals surface area contributed by atoms with Gasteiger partial charge in [-0.25, -0.2) is 0 Å². The van der Waals surface area contributed by atoms with Crippen LogP contribution in [-0.4, -0.2) is 9.97 Å². The van der Waals surface area contributed by atoms with Crippen molar-refractivity contribution < 1.29 is 0 Å². The Hall–Kier alpha value is -2.48. The minimum absolute atomic E-state index is 0.871. The van der Waals surface area contributed by atoms with E-state index in [0.717, 1.165) is 22.5 Å². The molecule has 3 aromatic rings. The van der Waals surface area contributed by atoms with Gasteiger partial charge in [-0.2, -0.15) is 0 Å². The number of hydrogen-bond acceptors (Lipinski definition) is 2. The molecule has 84 valence electrons. The van der Waals surface area contributed by atoms with E-state index < -0.39 is 0 Å². The van der Waals surface area contributed by atoms with Crippen molar-refractivity contribution in [3.63, 3.8) is 0 Å². The van der Waals surface area contributed by atoms with Crippen LogP contribution >= 0.6 is 0 Å². The highest BCUT2D eigenvalue weighted by molar-refractivity contribution is 5.62. The van der Waals surface area contributed by atoms with E-state index in [1.54, 1.807) is 12.4 Å². The molecule has 0 unspecified atom stereocenters. The largest absolute Gasteiger partial charge is 0.252 e. The van der Waals surface area contributed by atoms with Crippen LogP contribution in [0.4, 0.5) is 0 Å². The molecule has 18 heavy (non-hydrogen) atoms. The maximum Gasteiger partial charge on any atom is 0.0885 e. The molecule has 1 aromatic heterocycles. The van der Waals surface area contributed by atoms with Crippen LogP contribution < -0.4 is 0 Å². The molecule has 0 atom stereocenters. The Kier molecular flexibility index (Phi) is 2.84. The van der Waals surface area contributed by atoms with Crippen LogP contribution in [0.2, 0.25) is 0 Å². The van der Waals surface area contributed by atoms with Crippen molar-refractivity contribution in [1.29, 1.82) is 0 Å². The summed E-state index contributed by atoms with van der Waals surface area (Å²) < 4.78 is 0. The lowest BCUT2D eigenvalue weighted by Crippen LogP contribution is -1.88. The molecule has 0 aliphatic carbocycles. The highest BCUT2D eigenvalue weighted by Crippen LogP contribution is 2.19. The molecule has 2 nitrogen and oxygen atoms in total. The van der Waals surface area contributed by atoms with E-state index in [9.17, 15) is 0 Å². The first-order valence-corrected chi connectivity index (χ1v) is 5.68. The zero-order valence-corrected chi connectivity index (χ0v) is 9.67. The lowest BCUT2D eigenvalue weighted by Gasteiger charge is -2.02. The molecule has 0 saturated carbocycles. The number of rotatable bonds is 2. The van der Waals surface area contributed by atoms with Gasteiger partial charge in [0.25, 0.3) is 0 Å². The minimum atomic E-state index is 0.871. The summed E-state index contributed by atoms with van der Waals surface area (Å²) in [6, 6.07) is 21.4. The number of hydrogen-bond donors (Lipinski definition) is 0. The maximum atomic E-state index is 4.44. The van der Waals surface area contributed by atoms with Crippen molar-refractivity contribution >= 4 is 0 Å². The average Bonchev–Trinajstić information content (AvgIpc) is 2.49. The molecule has 0 spiro atoms. The van der Waals surface area contributed by atoms with E-state index in [1.165, 1.54) is 0 Å². The van der Waals surface area contributed by atoms with Crippen molar-refractivity contribution in [1.82, 2.24) is 9.97 Å². The molecule has 0 N–H and O–H groups in total. The van der Waals surface area contributed by atoms with Crippen molar-refractivity contribution in [2.75, 3.05) is 0 Å². The van der Waals surface area contributed by atoms with Gasteiger partial charge in [-0.3, -0.25) is 9.97 Å². The van der Waals surface area contributed by atoms with Crippen LogP contribution in [0.15, 0.2) is 60.9 Å². The topological polar surface area (TPSA) is 25.8 Å². The van der Waals surface area contributed by atoms with Crippen LogP contribution in [0.5, 0.6) is 0 Å². The molecule has 0 bridgehead atoms. The fraction of sp³-hybridized carbons (Fsp3) is 0. The molecule has 0 saturated heterocycles. The maximum absolute atomic E-state index is 4.44. The van der Waals surface area contributed by atoms with Gasteiger partial charge in [0.2, 0.25) is 0 Å². The number of aromatic nitrogens is 2. The highest BCUT2D eigenvalue weighted by atomic mass is 14.8. The van der Waals surface area contributed by atoms with E-state index in [-0.39, 0.29) is 0 Å². The van der Waals surface area contributed by atoms with E-state index >= 15 is 0 Å². The summed E-state index contributed by atoms with van der Waals surface area (Å²) >= 11 is 0. The third-order valence-corrected chi connectivity index (χ3v) is 2.68. The van der Waals surface area contributed by atoms with Crippen LogP contribution in [0.25, 0.3) is 22.5 Å². The van der Waals surface area contributed by atoms with Gasteiger partial charge in [-0.1, -0.05) is 48.5 Å².